The molecule has 2 aromatic rings. The zero-order valence-electron chi connectivity index (χ0n) is 10.2. The standard InChI is InChI=1S/C13H14F2N2O2/c14-9-7-10-12(16-3-5-19-6-4-18)1-2-17-13(10)11(15)8-9/h1-2,7-8,18H,3-6H2,(H,16,17). The Morgan fingerprint density at radius 2 is 2.11 bits per heavy atom. The summed E-state index contributed by atoms with van der Waals surface area (Å²) < 4.78 is 31.8. The number of pyridine rings is 1. The third kappa shape index (κ3) is 3.36. The number of aliphatic hydroxyl groups is 1. The lowest BCUT2D eigenvalue weighted by molar-refractivity contribution is 0.0992. The third-order valence-corrected chi connectivity index (χ3v) is 2.56. The Morgan fingerprint density at radius 3 is 2.89 bits per heavy atom. The van der Waals surface area contributed by atoms with Crippen molar-refractivity contribution in [2.24, 2.45) is 0 Å². The van der Waals surface area contributed by atoms with E-state index in [1.54, 1.807) is 6.07 Å². The molecule has 0 aliphatic carbocycles. The largest absolute Gasteiger partial charge is 0.394 e. The van der Waals surface area contributed by atoms with Crippen molar-refractivity contribution in [3.63, 3.8) is 0 Å². The lowest BCUT2D eigenvalue weighted by Crippen LogP contribution is -2.11. The fourth-order valence-electron chi connectivity index (χ4n) is 1.76. The molecule has 0 radical (unpaired) electrons. The number of aliphatic hydroxyl groups excluding tert-OH is 1. The molecule has 2 N–H and O–H groups in total. The normalized spacial score (nSPS) is 10.9. The molecule has 0 spiro atoms. The number of aromatic nitrogens is 1. The number of nitrogens with one attached hydrogen (secondary N) is 1. The van der Waals surface area contributed by atoms with E-state index >= 15 is 0 Å². The van der Waals surface area contributed by atoms with Crippen molar-refractivity contribution in [2.45, 2.75) is 0 Å². The Bertz CT molecular complexity index is 564. The van der Waals surface area contributed by atoms with E-state index in [0.29, 0.717) is 24.2 Å². The van der Waals surface area contributed by atoms with Crippen LogP contribution < -0.4 is 5.32 Å². The van der Waals surface area contributed by atoms with Gasteiger partial charge in [0.1, 0.15) is 11.3 Å². The number of nitrogens with zero attached hydrogens (tertiary/aromatic N) is 1. The molecule has 0 aliphatic heterocycles. The Labute approximate surface area is 109 Å². The molecule has 0 unspecified atom stereocenters. The summed E-state index contributed by atoms with van der Waals surface area (Å²) in [5.74, 6) is -1.33. The number of hydrogen-bond donors (Lipinski definition) is 2. The minimum atomic E-state index is -0.685. The second-order valence-corrected chi connectivity index (χ2v) is 3.91. The summed E-state index contributed by atoms with van der Waals surface area (Å²) >= 11 is 0. The van der Waals surface area contributed by atoms with Crippen molar-refractivity contribution >= 4 is 16.6 Å². The fourth-order valence-corrected chi connectivity index (χ4v) is 1.76. The van der Waals surface area contributed by atoms with Gasteiger partial charge in [-0.3, -0.25) is 4.98 Å². The molecule has 0 aliphatic rings. The summed E-state index contributed by atoms with van der Waals surface area (Å²) in [7, 11) is 0. The molecule has 4 nitrogen and oxygen atoms in total. The van der Waals surface area contributed by atoms with Crippen LogP contribution in [0.15, 0.2) is 24.4 Å². The summed E-state index contributed by atoms with van der Waals surface area (Å²) in [6, 6.07) is 3.69. The van der Waals surface area contributed by atoms with Crippen molar-refractivity contribution in [1.29, 1.82) is 0 Å². The number of benzene rings is 1. The van der Waals surface area contributed by atoms with Crippen LogP contribution >= 0.6 is 0 Å². The molecule has 2 rings (SSSR count). The van der Waals surface area contributed by atoms with Gasteiger partial charge in [0, 0.05) is 29.9 Å². The first-order valence-corrected chi connectivity index (χ1v) is 5.88. The van der Waals surface area contributed by atoms with Gasteiger partial charge in [0.15, 0.2) is 5.82 Å². The number of anilines is 1. The molecule has 0 fully saturated rings. The van der Waals surface area contributed by atoms with Crippen molar-refractivity contribution in [3.8, 4) is 0 Å². The minimum absolute atomic E-state index is 0.0331. The second kappa shape index (κ2) is 6.40. The lowest BCUT2D eigenvalue weighted by atomic mass is 10.1. The highest BCUT2D eigenvalue weighted by atomic mass is 19.1. The predicted octanol–water partition coefficient (Wildman–Crippen LogP) is 1.93. The SMILES string of the molecule is OCCOCCNc1ccnc2c(F)cc(F)cc12. The van der Waals surface area contributed by atoms with E-state index in [1.165, 1.54) is 12.3 Å². The minimum Gasteiger partial charge on any atom is -0.394 e. The van der Waals surface area contributed by atoms with E-state index in [4.69, 9.17) is 9.84 Å². The topological polar surface area (TPSA) is 54.4 Å². The van der Waals surface area contributed by atoms with E-state index in [0.717, 1.165) is 6.07 Å². The molecule has 0 amide bonds. The van der Waals surface area contributed by atoms with Crippen molar-refractivity contribution in [3.05, 3.63) is 36.0 Å². The molecule has 0 saturated heterocycles. The molecule has 6 heteroatoms. The van der Waals surface area contributed by atoms with Crippen LogP contribution in [0, 0.1) is 11.6 Å². The first-order chi connectivity index (χ1) is 9.22. The van der Waals surface area contributed by atoms with E-state index < -0.39 is 11.6 Å². The molecular weight excluding hydrogens is 254 g/mol. The van der Waals surface area contributed by atoms with Crippen LogP contribution in [0.1, 0.15) is 0 Å². The van der Waals surface area contributed by atoms with Crippen LogP contribution in [-0.2, 0) is 4.74 Å². The molecular formula is C13H14F2N2O2. The van der Waals surface area contributed by atoms with E-state index in [-0.39, 0.29) is 18.7 Å². The van der Waals surface area contributed by atoms with Crippen LogP contribution in [0.25, 0.3) is 10.9 Å². The Kier molecular flexibility index (Phi) is 4.59. The van der Waals surface area contributed by atoms with Gasteiger partial charge in [-0.1, -0.05) is 0 Å². The highest BCUT2D eigenvalue weighted by Gasteiger charge is 2.08. The number of ether oxygens (including phenoxy) is 1. The molecule has 19 heavy (non-hydrogen) atoms. The van der Waals surface area contributed by atoms with Gasteiger partial charge in [-0.15, -0.1) is 0 Å². The van der Waals surface area contributed by atoms with Gasteiger partial charge in [-0.2, -0.15) is 0 Å². The molecule has 0 bridgehead atoms. The Morgan fingerprint density at radius 1 is 1.26 bits per heavy atom. The quantitative estimate of drug-likeness (QED) is 0.786. The monoisotopic (exact) mass is 268 g/mol. The smallest absolute Gasteiger partial charge is 0.152 e. The highest BCUT2D eigenvalue weighted by molar-refractivity contribution is 5.91. The first kappa shape index (κ1) is 13.6. The van der Waals surface area contributed by atoms with Crippen LogP contribution in [0.4, 0.5) is 14.5 Å². The van der Waals surface area contributed by atoms with Crippen molar-refractivity contribution in [2.75, 3.05) is 31.7 Å². The first-order valence-electron chi connectivity index (χ1n) is 5.88. The van der Waals surface area contributed by atoms with Crippen LogP contribution in [-0.4, -0.2) is 36.5 Å². The maximum atomic E-state index is 13.5. The van der Waals surface area contributed by atoms with Gasteiger partial charge in [0.05, 0.1) is 19.8 Å². The average Bonchev–Trinajstić information content (AvgIpc) is 2.39. The highest BCUT2D eigenvalue weighted by Crippen LogP contribution is 2.24. The van der Waals surface area contributed by atoms with Gasteiger partial charge in [-0.05, 0) is 12.1 Å². The number of fused-ring (bicyclic) bond motifs is 1. The van der Waals surface area contributed by atoms with Crippen LogP contribution in [0.5, 0.6) is 0 Å². The molecule has 0 saturated carbocycles. The average molecular weight is 268 g/mol. The Balaban J connectivity index is 2.14. The zero-order chi connectivity index (χ0) is 13.7. The van der Waals surface area contributed by atoms with Crippen molar-refractivity contribution in [1.82, 2.24) is 4.98 Å². The number of hydrogen-bond acceptors (Lipinski definition) is 4. The predicted molar refractivity (Wildman–Crippen MR) is 68.1 cm³/mol. The van der Waals surface area contributed by atoms with Gasteiger partial charge in [0.25, 0.3) is 0 Å². The third-order valence-electron chi connectivity index (χ3n) is 2.56. The van der Waals surface area contributed by atoms with Crippen molar-refractivity contribution < 1.29 is 18.6 Å². The summed E-state index contributed by atoms with van der Waals surface area (Å²) in [6.07, 6.45) is 1.46. The number of halogens is 2. The molecule has 1 heterocycles. The molecule has 1 aromatic heterocycles. The summed E-state index contributed by atoms with van der Waals surface area (Å²) in [5, 5.41) is 12.0. The summed E-state index contributed by atoms with van der Waals surface area (Å²) in [5.41, 5.74) is 0.721. The number of rotatable bonds is 6. The second-order valence-electron chi connectivity index (χ2n) is 3.91. The van der Waals surface area contributed by atoms with E-state index in [9.17, 15) is 8.78 Å². The molecule has 0 atom stereocenters. The van der Waals surface area contributed by atoms with Gasteiger partial charge in [-0.25, -0.2) is 8.78 Å². The van der Waals surface area contributed by atoms with Gasteiger partial charge < -0.3 is 15.2 Å². The maximum Gasteiger partial charge on any atom is 0.152 e. The summed E-state index contributed by atoms with van der Waals surface area (Å²) in [4.78, 5) is 3.89. The van der Waals surface area contributed by atoms with Gasteiger partial charge >= 0.3 is 0 Å². The van der Waals surface area contributed by atoms with Crippen LogP contribution in [0.3, 0.4) is 0 Å². The molecule has 1 aromatic carbocycles. The fraction of sp³-hybridized carbons (Fsp3) is 0.308. The summed E-state index contributed by atoms with van der Waals surface area (Å²) in [6.45, 7) is 1.09. The lowest BCUT2D eigenvalue weighted by Gasteiger charge is -2.10. The van der Waals surface area contributed by atoms with E-state index in [1.807, 2.05) is 0 Å². The Hall–Kier alpha value is -1.79. The maximum absolute atomic E-state index is 13.5. The zero-order valence-corrected chi connectivity index (χ0v) is 10.2. The van der Waals surface area contributed by atoms with Crippen LogP contribution in [0.2, 0.25) is 0 Å². The van der Waals surface area contributed by atoms with E-state index in [2.05, 4.69) is 10.3 Å². The van der Waals surface area contributed by atoms with Gasteiger partial charge in [0.2, 0.25) is 0 Å². The molecule has 102 valence electrons.